The molecule has 1 rings (SSSR count). The topological polar surface area (TPSA) is 70.8 Å². The third-order valence-corrected chi connectivity index (χ3v) is 1.68. The zero-order valence-electron chi connectivity index (χ0n) is 7.87. The van der Waals surface area contributed by atoms with Gasteiger partial charge in [0.2, 0.25) is 0 Å². The van der Waals surface area contributed by atoms with Gasteiger partial charge in [-0.25, -0.2) is 4.98 Å². The Morgan fingerprint density at radius 3 is 1.93 bits per heavy atom. The first kappa shape index (κ1) is 10.1. The van der Waals surface area contributed by atoms with Crippen LogP contribution in [-0.2, 0) is 0 Å². The van der Waals surface area contributed by atoms with Crippen LogP contribution < -0.4 is 0 Å². The summed E-state index contributed by atoms with van der Waals surface area (Å²) in [5, 5.41) is 8.65. The van der Waals surface area contributed by atoms with Crippen LogP contribution in [0.15, 0.2) is 12.1 Å². The van der Waals surface area contributed by atoms with Crippen LogP contribution in [-0.4, -0.2) is 16.6 Å². The van der Waals surface area contributed by atoms with Crippen molar-refractivity contribution >= 4 is 11.6 Å². The van der Waals surface area contributed by atoms with Crippen LogP contribution in [0.2, 0.25) is 0 Å². The lowest BCUT2D eigenvalue weighted by Gasteiger charge is -1.99. The fourth-order valence-electron chi connectivity index (χ4n) is 0.956. The molecule has 0 amide bonds. The molecule has 0 aliphatic heterocycles. The van der Waals surface area contributed by atoms with Crippen LogP contribution in [0.4, 0.5) is 0 Å². The summed E-state index contributed by atoms with van der Waals surface area (Å²) >= 11 is 0. The average Bonchev–Trinajstić information content (AvgIpc) is 2.16. The minimum Gasteiger partial charge on any atom is -0.293 e. The molecule has 14 heavy (non-hydrogen) atoms. The van der Waals surface area contributed by atoms with Crippen molar-refractivity contribution in [2.45, 2.75) is 13.8 Å². The van der Waals surface area contributed by atoms with Crippen molar-refractivity contribution in [3.8, 4) is 6.07 Å². The van der Waals surface area contributed by atoms with E-state index in [0.717, 1.165) is 0 Å². The number of carbonyl (C=O) groups excluding carboxylic acids is 2. The van der Waals surface area contributed by atoms with Crippen molar-refractivity contribution in [3.63, 3.8) is 0 Å². The summed E-state index contributed by atoms with van der Waals surface area (Å²) in [7, 11) is 0. The van der Waals surface area contributed by atoms with Gasteiger partial charge >= 0.3 is 0 Å². The predicted molar refractivity (Wildman–Crippen MR) is 49.0 cm³/mol. The molecule has 0 unspecified atom stereocenters. The van der Waals surface area contributed by atoms with Crippen LogP contribution in [0.3, 0.4) is 0 Å². The molecule has 1 heterocycles. The van der Waals surface area contributed by atoms with Gasteiger partial charge in [0.05, 0.1) is 11.6 Å². The highest BCUT2D eigenvalue weighted by Crippen LogP contribution is 2.06. The molecule has 0 atom stereocenters. The molecule has 0 saturated heterocycles. The number of pyridine rings is 1. The van der Waals surface area contributed by atoms with Gasteiger partial charge in [-0.2, -0.15) is 5.26 Å². The molecule has 0 fully saturated rings. The predicted octanol–water partition coefficient (Wildman–Crippen LogP) is 1.36. The number of rotatable bonds is 2. The molecule has 0 aliphatic rings. The minimum atomic E-state index is -0.260. The zero-order valence-corrected chi connectivity index (χ0v) is 7.87. The molecular formula is C10H8N2O2. The van der Waals surface area contributed by atoms with Crippen LogP contribution in [0.1, 0.15) is 40.4 Å². The van der Waals surface area contributed by atoms with E-state index in [2.05, 4.69) is 4.98 Å². The maximum atomic E-state index is 11.0. The second kappa shape index (κ2) is 3.79. The van der Waals surface area contributed by atoms with E-state index in [9.17, 15) is 9.59 Å². The second-order valence-corrected chi connectivity index (χ2v) is 2.85. The Balaban J connectivity index is 3.36. The van der Waals surface area contributed by atoms with Crippen molar-refractivity contribution < 1.29 is 9.59 Å². The number of hydrogen-bond donors (Lipinski definition) is 0. The lowest BCUT2D eigenvalue weighted by Crippen LogP contribution is -2.04. The average molecular weight is 188 g/mol. The van der Waals surface area contributed by atoms with E-state index in [0.29, 0.717) is 0 Å². The highest BCUT2D eigenvalue weighted by atomic mass is 16.1. The summed E-state index contributed by atoms with van der Waals surface area (Å²) in [5.74, 6) is -0.519. The molecule has 0 spiro atoms. The van der Waals surface area contributed by atoms with Crippen LogP contribution >= 0.6 is 0 Å². The van der Waals surface area contributed by atoms with E-state index in [-0.39, 0.29) is 28.5 Å². The molecule has 0 aromatic carbocycles. The van der Waals surface area contributed by atoms with Gasteiger partial charge in [-0.05, 0) is 12.1 Å². The lowest BCUT2D eigenvalue weighted by molar-refractivity contribution is 0.101. The first-order valence-corrected chi connectivity index (χ1v) is 3.98. The number of carbonyl (C=O) groups is 2. The normalized spacial score (nSPS) is 9.21. The molecule has 0 bridgehead atoms. The second-order valence-electron chi connectivity index (χ2n) is 2.85. The number of hydrogen-bond acceptors (Lipinski definition) is 4. The van der Waals surface area contributed by atoms with Gasteiger partial charge in [-0.15, -0.1) is 0 Å². The third kappa shape index (κ3) is 2.02. The van der Waals surface area contributed by atoms with E-state index >= 15 is 0 Å². The van der Waals surface area contributed by atoms with Crippen molar-refractivity contribution in [1.82, 2.24) is 4.98 Å². The fourth-order valence-corrected chi connectivity index (χ4v) is 0.956. The van der Waals surface area contributed by atoms with Gasteiger partial charge in [0, 0.05) is 13.8 Å². The lowest BCUT2D eigenvalue weighted by atomic mass is 10.1. The van der Waals surface area contributed by atoms with E-state index in [1.807, 2.05) is 6.07 Å². The molecule has 0 saturated carbocycles. The summed E-state index contributed by atoms with van der Waals surface area (Å²) in [6.07, 6.45) is 0. The van der Waals surface area contributed by atoms with Crippen molar-refractivity contribution in [1.29, 1.82) is 5.26 Å². The summed E-state index contributed by atoms with van der Waals surface area (Å²) in [4.78, 5) is 25.8. The first-order chi connectivity index (χ1) is 6.54. The molecule has 0 aliphatic carbocycles. The Kier molecular flexibility index (Phi) is 2.73. The van der Waals surface area contributed by atoms with Gasteiger partial charge in [0.25, 0.3) is 0 Å². The fraction of sp³-hybridized carbons (Fsp3) is 0.200. The Morgan fingerprint density at radius 2 is 1.64 bits per heavy atom. The maximum absolute atomic E-state index is 11.0. The van der Waals surface area contributed by atoms with Crippen LogP contribution in [0.25, 0.3) is 0 Å². The third-order valence-electron chi connectivity index (χ3n) is 1.68. The highest BCUT2D eigenvalue weighted by Gasteiger charge is 2.08. The molecule has 1 aromatic rings. The maximum Gasteiger partial charge on any atom is 0.178 e. The van der Waals surface area contributed by atoms with Gasteiger partial charge < -0.3 is 0 Å². The van der Waals surface area contributed by atoms with Gasteiger partial charge in [-0.3, -0.25) is 9.59 Å². The summed E-state index contributed by atoms with van der Waals surface area (Å²) in [5.41, 5.74) is 0.568. The first-order valence-electron chi connectivity index (χ1n) is 3.98. The monoisotopic (exact) mass is 188 g/mol. The van der Waals surface area contributed by atoms with Crippen LogP contribution in [0.5, 0.6) is 0 Å². The Labute approximate surface area is 81.2 Å². The van der Waals surface area contributed by atoms with Crippen molar-refractivity contribution in [2.75, 3.05) is 0 Å². The number of nitriles is 1. The van der Waals surface area contributed by atoms with Crippen molar-refractivity contribution in [3.05, 3.63) is 29.1 Å². The number of ketones is 2. The molecule has 1 aromatic heterocycles. The number of nitrogens with zero attached hydrogens (tertiary/aromatic N) is 2. The Hall–Kier alpha value is -2.02. The van der Waals surface area contributed by atoms with Crippen LogP contribution in [0, 0.1) is 11.3 Å². The van der Waals surface area contributed by atoms with Crippen molar-refractivity contribution in [2.24, 2.45) is 0 Å². The van der Waals surface area contributed by atoms with E-state index in [4.69, 9.17) is 5.26 Å². The molecule has 4 nitrogen and oxygen atoms in total. The van der Waals surface area contributed by atoms with Gasteiger partial charge in [0.1, 0.15) is 11.4 Å². The smallest absolute Gasteiger partial charge is 0.178 e. The largest absolute Gasteiger partial charge is 0.293 e. The Morgan fingerprint density at radius 1 is 1.21 bits per heavy atom. The quantitative estimate of drug-likeness (QED) is 0.657. The Bertz CT molecular complexity index is 412. The summed E-state index contributed by atoms with van der Waals surface area (Å²) in [6.45, 7) is 2.68. The molecule has 0 radical (unpaired) electrons. The minimum absolute atomic E-state index is 0.147. The number of Topliss-reactive ketones (excluding diaryl/α,β-unsaturated/α-hetero) is 2. The van der Waals surface area contributed by atoms with E-state index < -0.39 is 0 Å². The van der Waals surface area contributed by atoms with Gasteiger partial charge in [0.15, 0.2) is 11.6 Å². The standard InChI is InChI=1S/C10H8N2O2/c1-6(13)9-3-8(5-11)4-10(12-9)7(2)14/h3-4H,1-2H3. The molecule has 0 N–H and O–H groups in total. The SMILES string of the molecule is CC(=O)c1cc(C#N)cc(C(C)=O)n1. The highest BCUT2D eigenvalue weighted by molar-refractivity contribution is 5.96. The summed E-state index contributed by atoms with van der Waals surface area (Å²) < 4.78 is 0. The zero-order chi connectivity index (χ0) is 10.7. The van der Waals surface area contributed by atoms with Gasteiger partial charge in [-0.1, -0.05) is 0 Å². The number of aromatic nitrogens is 1. The molecule has 4 heteroatoms. The summed E-state index contributed by atoms with van der Waals surface area (Å²) in [6, 6.07) is 4.61. The molecule has 70 valence electrons. The molecular weight excluding hydrogens is 180 g/mol. The van der Waals surface area contributed by atoms with E-state index in [1.165, 1.54) is 26.0 Å². The van der Waals surface area contributed by atoms with E-state index in [1.54, 1.807) is 0 Å².